The average molecular weight is 471 g/mol. The summed E-state index contributed by atoms with van der Waals surface area (Å²) in [6, 6.07) is 37.5. The van der Waals surface area contributed by atoms with Crippen LogP contribution in [0.4, 0.5) is 0 Å². The Balaban J connectivity index is 0.000000116. The van der Waals surface area contributed by atoms with Crippen molar-refractivity contribution >= 4 is 44.1 Å². The quantitative estimate of drug-likeness (QED) is 0.241. The van der Waals surface area contributed by atoms with Crippen LogP contribution in [0.15, 0.2) is 121 Å². The molecular formula is C30H22N4O2. The predicted octanol–water partition coefficient (Wildman–Crippen LogP) is 6.66. The van der Waals surface area contributed by atoms with Gasteiger partial charge in [-0.3, -0.25) is 0 Å². The zero-order valence-electron chi connectivity index (χ0n) is 19.2. The molecule has 0 saturated carbocycles. The lowest BCUT2D eigenvalue weighted by Crippen LogP contribution is -1.85. The standard InChI is InChI=1S/2C12H8N2.C6H6O2/c2*1-2-6-10-9(5-1)13-11-7-3-4-8-12(11)14-10;7-5-2-1-3-6(8)4-5/h2*1-8H;1-4,7-8H. The summed E-state index contributed by atoms with van der Waals surface area (Å²) in [6.07, 6.45) is 0. The van der Waals surface area contributed by atoms with Crippen LogP contribution in [0.3, 0.4) is 0 Å². The summed E-state index contributed by atoms with van der Waals surface area (Å²) >= 11 is 0. The normalized spacial score (nSPS) is 10.4. The summed E-state index contributed by atoms with van der Waals surface area (Å²) < 4.78 is 0. The Labute approximate surface area is 207 Å². The summed E-state index contributed by atoms with van der Waals surface area (Å²) in [4.78, 5) is 18.1. The van der Waals surface area contributed by atoms with Crippen LogP contribution in [-0.4, -0.2) is 30.1 Å². The lowest BCUT2D eigenvalue weighted by molar-refractivity contribution is 0.450. The third-order valence-electron chi connectivity index (χ3n) is 5.32. The minimum Gasteiger partial charge on any atom is -0.508 e. The zero-order chi connectivity index (χ0) is 24.7. The zero-order valence-corrected chi connectivity index (χ0v) is 19.2. The fraction of sp³-hybridized carbons (Fsp3) is 0. The Morgan fingerprint density at radius 2 is 0.528 bits per heavy atom. The van der Waals surface area contributed by atoms with Gasteiger partial charge in [0.05, 0.1) is 44.1 Å². The van der Waals surface area contributed by atoms with Gasteiger partial charge >= 0.3 is 0 Å². The molecule has 7 rings (SSSR count). The van der Waals surface area contributed by atoms with E-state index in [9.17, 15) is 0 Å². The summed E-state index contributed by atoms with van der Waals surface area (Å²) in [5.41, 5.74) is 7.60. The molecule has 0 radical (unpaired) electrons. The molecule has 5 aromatic carbocycles. The molecule has 0 spiro atoms. The van der Waals surface area contributed by atoms with E-state index in [0.717, 1.165) is 44.1 Å². The molecule has 2 aromatic heterocycles. The molecule has 0 aliphatic carbocycles. The molecule has 0 aliphatic rings. The number of hydrogen-bond acceptors (Lipinski definition) is 6. The van der Waals surface area contributed by atoms with Crippen molar-refractivity contribution in [2.75, 3.05) is 0 Å². The van der Waals surface area contributed by atoms with Crippen molar-refractivity contribution in [2.45, 2.75) is 0 Å². The second-order valence-corrected chi connectivity index (χ2v) is 7.92. The molecule has 7 aromatic rings. The van der Waals surface area contributed by atoms with Crippen LogP contribution in [0.5, 0.6) is 11.5 Å². The number of aromatic nitrogens is 4. The van der Waals surface area contributed by atoms with Gasteiger partial charge in [0, 0.05) is 6.07 Å². The molecule has 174 valence electrons. The van der Waals surface area contributed by atoms with Crippen LogP contribution < -0.4 is 0 Å². The highest BCUT2D eigenvalue weighted by atomic mass is 16.3. The van der Waals surface area contributed by atoms with Gasteiger partial charge < -0.3 is 10.2 Å². The van der Waals surface area contributed by atoms with Crippen molar-refractivity contribution < 1.29 is 10.2 Å². The van der Waals surface area contributed by atoms with E-state index in [4.69, 9.17) is 10.2 Å². The highest BCUT2D eigenvalue weighted by Gasteiger charge is 1.99. The van der Waals surface area contributed by atoms with Gasteiger partial charge in [0.2, 0.25) is 0 Å². The summed E-state index contributed by atoms with van der Waals surface area (Å²) in [7, 11) is 0. The molecule has 0 bridgehead atoms. The molecule has 2 heterocycles. The van der Waals surface area contributed by atoms with Crippen molar-refractivity contribution in [3.63, 3.8) is 0 Å². The smallest absolute Gasteiger partial charge is 0.119 e. The van der Waals surface area contributed by atoms with Crippen LogP contribution in [-0.2, 0) is 0 Å². The molecule has 2 N–H and O–H groups in total. The second-order valence-electron chi connectivity index (χ2n) is 7.92. The molecule has 0 atom stereocenters. The summed E-state index contributed by atoms with van der Waals surface area (Å²) in [5.74, 6) is 0.176. The molecule has 0 saturated heterocycles. The average Bonchev–Trinajstić information content (AvgIpc) is 2.91. The number of phenols is 2. The van der Waals surface area contributed by atoms with Crippen LogP contribution in [0.2, 0.25) is 0 Å². The first kappa shape index (κ1) is 22.7. The van der Waals surface area contributed by atoms with Gasteiger partial charge in [-0.2, -0.15) is 0 Å². The van der Waals surface area contributed by atoms with Crippen molar-refractivity contribution in [1.82, 2.24) is 19.9 Å². The largest absolute Gasteiger partial charge is 0.508 e. The van der Waals surface area contributed by atoms with E-state index < -0.39 is 0 Å². The lowest BCUT2D eigenvalue weighted by atomic mass is 10.2. The van der Waals surface area contributed by atoms with Gasteiger partial charge in [-0.15, -0.1) is 0 Å². The summed E-state index contributed by atoms with van der Waals surface area (Å²) in [6.45, 7) is 0. The molecule has 0 amide bonds. The number of nitrogens with zero attached hydrogens (tertiary/aromatic N) is 4. The lowest BCUT2D eigenvalue weighted by Gasteiger charge is -1.98. The van der Waals surface area contributed by atoms with Gasteiger partial charge in [0.15, 0.2) is 0 Å². The van der Waals surface area contributed by atoms with Crippen molar-refractivity contribution in [3.8, 4) is 11.5 Å². The van der Waals surface area contributed by atoms with Gasteiger partial charge in [-0.25, -0.2) is 19.9 Å². The minimum atomic E-state index is 0.0880. The SMILES string of the molecule is Oc1cccc(O)c1.c1ccc2nc3ccccc3nc2c1.c1ccc2nc3ccccc3nc2c1. The molecule has 0 fully saturated rings. The number of fused-ring (bicyclic) bond motifs is 4. The van der Waals surface area contributed by atoms with Gasteiger partial charge in [0.25, 0.3) is 0 Å². The van der Waals surface area contributed by atoms with Crippen molar-refractivity contribution in [1.29, 1.82) is 0 Å². The maximum absolute atomic E-state index is 8.65. The molecule has 36 heavy (non-hydrogen) atoms. The fourth-order valence-corrected chi connectivity index (χ4v) is 3.63. The third-order valence-corrected chi connectivity index (χ3v) is 5.32. The molecule has 6 heteroatoms. The van der Waals surface area contributed by atoms with E-state index in [0.29, 0.717) is 0 Å². The summed E-state index contributed by atoms with van der Waals surface area (Å²) in [5, 5.41) is 17.3. The first-order chi connectivity index (χ1) is 17.7. The van der Waals surface area contributed by atoms with Crippen molar-refractivity contribution in [3.05, 3.63) is 121 Å². The van der Waals surface area contributed by atoms with Crippen LogP contribution in [0.25, 0.3) is 44.1 Å². The van der Waals surface area contributed by atoms with E-state index in [2.05, 4.69) is 19.9 Å². The highest BCUT2D eigenvalue weighted by molar-refractivity contribution is 5.86. The Hall–Kier alpha value is -5.10. The molecular weight excluding hydrogens is 448 g/mol. The first-order valence-electron chi connectivity index (χ1n) is 11.4. The predicted molar refractivity (Wildman–Crippen MR) is 144 cm³/mol. The van der Waals surface area contributed by atoms with Gasteiger partial charge in [-0.1, -0.05) is 54.6 Å². The van der Waals surface area contributed by atoms with E-state index >= 15 is 0 Å². The Bertz CT molecular complexity index is 1450. The second kappa shape index (κ2) is 10.4. The Kier molecular flexibility index (Phi) is 6.58. The maximum atomic E-state index is 8.65. The number of phenolic OH excluding ortho intramolecular Hbond substituents is 2. The minimum absolute atomic E-state index is 0.0880. The fourth-order valence-electron chi connectivity index (χ4n) is 3.63. The number of aromatic hydroxyl groups is 2. The molecule has 0 unspecified atom stereocenters. The number of hydrogen-bond donors (Lipinski definition) is 2. The molecule has 0 aliphatic heterocycles. The Morgan fingerprint density at radius 1 is 0.306 bits per heavy atom. The molecule has 6 nitrogen and oxygen atoms in total. The van der Waals surface area contributed by atoms with Gasteiger partial charge in [0.1, 0.15) is 11.5 Å². The van der Waals surface area contributed by atoms with E-state index in [1.807, 2.05) is 97.1 Å². The third kappa shape index (κ3) is 5.34. The number of para-hydroxylation sites is 8. The Morgan fingerprint density at radius 3 is 0.694 bits per heavy atom. The van der Waals surface area contributed by atoms with Crippen molar-refractivity contribution in [2.24, 2.45) is 0 Å². The first-order valence-corrected chi connectivity index (χ1v) is 11.4. The topological polar surface area (TPSA) is 92.0 Å². The number of benzene rings is 5. The van der Waals surface area contributed by atoms with Crippen LogP contribution in [0.1, 0.15) is 0 Å². The van der Waals surface area contributed by atoms with E-state index in [1.165, 1.54) is 18.2 Å². The number of rotatable bonds is 0. The van der Waals surface area contributed by atoms with E-state index in [-0.39, 0.29) is 11.5 Å². The van der Waals surface area contributed by atoms with Gasteiger partial charge in [-0.05, 0) is 60.7 Å². The maximum Gasteiger partial charge on any atom is 0.119 e. The van der Waals surface area contributed by atoms with Crippen LogP contribution >= 0.6 is 0 Å². The monoisotopic (exact) mass is 470 g/mol. The van der Waals surface area contributed by atoms with Crippen LogP contribution in [0, 0.1) is 0 Å². The highest BCUT2D eigenvalue weighted by Crippen LogP contribution is 2.16. The van der Waals surface area contributed by atoms with E-state index in [1.54, 1.807) is 6.07 Å².